The minimum Gasteiger partial charge on any atom is -0.223 e. The van der Waals surface area contributed by atoms with E-state index in [1.165, 1.54) is 0 Å². The molecule has 0 aromatic carbocycles. The highest BCUT2D eigenvalue weighted by Crippen LogP contribution is 2.02. The lowest BCUT2D eigenvalue weighted by molar-refractivity contribution is 0.533. The van der Waals surface area contributed by atoms with Crippen LogP contribution < -0.4 is 0 Å². The van der Waals surface area contributed by atoms with Gasteiger partial charge in [0.2, 0.25) is 0 Å². The number of rotatable bonds is 3. The van der Waals surface area contributed by atoms with Crippen molar-refractivity contribution in [1.29, 1.82) is 0 Å². The maximum absolute atomic E-state index is 4.15. The fraction of sp³-hybridized carbons (Fsp3) is 0.889. The van der Waals surface area contributed by atoms with Crippen molar-refractivity contribution >= 4 is 18.4 Å². The summed E-state index contributed by atoms with van der Waals surface area (Å²) in [6, 6.07) is 3.35. The Balaban J connectivity index is 0. The summed E-state index contributed by atoms with van der Waals surface area (Å²) in [7, 11) is 0. The van der Waals surface area contributed by atoms with E-state index in [9.17, 15) is 0 Å². The predicted molar refractivity (Wildman–Crippen MR) is 56.5 cm³/mol. The van der Waals surface area contributed by atoms with Gasteiger partial charge in [-0.1, -0.05) is 13.8 Å². The molecule has 0 aromatic rings. The molecule has 0 radical (unpaired) electrons. The molecule has 0 spiro atoms. The molecule has 3 heteroatoms. The molecular formula is C9H19ClN2. The van der Waals surface area contributed by atoms with Gasteiger partial charge in [-0.25, -0.2) is 9.98 Å². The molecule has 0 fully saturated rings. The lowest BCUT2D eigenvalue weighted by Crippen LogP contribution is -2.06. The van der Waals surface area contributed by atoms with E-state index in [1.54, 1.807) is 0 Å². The summed E-state index contributed by atoms with van der Waals surface area (Å²) in [5.74, 6) is 0.574. The van der Waals surface area contributed by atoms with E-state index >= 15 is 0 Å². The van der Waals surface area contributed by atoms with Crippen molar-refractivity contribution < 1.29 is 0 Å². The zero-order valence-corrected chi connectivity index (χ0v) is 9.35. The predicted octanol–water partition coefficient (Wildman–Crippen LogP) is 3.04. The maximum atomic E-state index is 4.15. The Kier molecular flexibility index (Phi) is 8.67. The lowest BCUT2D eigenvalue weighted by atomic mass is 10.1. The Labute approximate surface area is 81.6 Å². The first-order valence-corrected chi connectivity index (χ1v) is 4.18. The average molecular weight is 191 g/mol. The number of hydrogen-bond acceptors (Lipinski definition) is 2. The lowest BCUT2D eigenvalue weighted by Gasteiger charge is -2.06. The normalized spacial score (nSPS) is 11.9. The second-order valence-corrected chi connectivity index (χ2v) is 3.44. The Morgan fingerprint density at radius 1 is 0.917 bits per heavy atom. The summed E-state index contributed by atoms with van der Waals surface area (Å²) in [5, 5.41) is 0. The highest BCUT2D eigenvalue weighted by Gasteiger charge is 2.01. The fourth-order valence-corrected chi connectivity index (χ4v) is 0.389. The molecular weight excluding hydrogens is 172 g/mol. The van der Waals surface area contributed by atoms with Crippen LogP contribution >= 0.6 is 12.4 Å². The average Bonchev–Trinajstić information content (AvgIpc) is 1.86. The molecule has 1 atom stereocenters. The number of halogens is 1. The molecule has 0 amide bonds. The molecule has 0 heterocycles. The molecule has 0 rings (SSSR count). The van der Waals surface area contributed by atoms with Gasteiger partial charge in [-0.2, -0.15) is 0 Å². The maximum Gasteiger partial charge on any atom is 0.0898 e. The molecule has 0 aliphatic carbocycles. The molecule has 1 unspecified atom stereocenters. The first kappa shape index (κ1) is 14.2. The summed E-state index contributed by atoms with van der Waals surface area (Å²) in [4.78, 5) is 8.18. The van der Waals surface area contributed by atoms with Crippen molar-refractivity contribution in [3.63, 3.8) is 0 Å². The van der Waals surface area contributed by atoms with E-state index in [-0.39, 0.29) is 12.4 Å². The third-order valence-corrected chi connectivity index (χ3v) is 1.54. The van der Waals surface area contributed by atoms with Crippen molar-refractivity contribution in [3.05, 3.63) is 0 Å². The third-order valence-electron chi connectivity index (χ3n) is 1.54. The van der Waals surface area contributed by atoms with E-state index in [4.69, 9.17) is 0 Å². The second kappa shape index (κ2) is 7.33. The highest BCUT2D eigenvalue weighted by atomic mass is 35.5. The first-order valence-electron chi connectivity index (χ1n) is 4.18. The number of aliphatic imine (C=N–C) groups is 2. The van der Waals surface area contributed by atoms with Crippen LogP contribution in [0.2, 0.25) is 0 Å². The summed E-state index contributed by atoms with van der Waals surface area (Å²) >= 11 is 0. The van der Waals surface area contributed by atoms with E-state index in [0.717, 1.165) is 0 Å². The van der Waals surface area contributed by atoms with Gasteiger partial charge in [0, 0.05) is 0 Å². The van der Waals surface area contributed by atoms with Crippen LogP contribution in [0.15, 0.2) is 9.98 Å². The summed E-state index contributed by atoms with van der Waals surface area (Å²) < 4.78 is 0. The monoisotopic (exact) mass is 190 g/mol. The van der Waals surface area contributed by atoms with Crippen LogP contribution in [0.1, 0.15) is 34.6 Å². The summed E-state index contributed by atoms with van der Waals surface area (Å²) in [6.07, 6.45) is 0. The van der Waals surface area contributed by atoms with Crippen LogP contribution in [0.4, 0.5) is 0 Å². The van der Waals surface area contributed by atoms with Gasteiger partial charge < -0.3 is 0 Å². The zero-order valence-electron chi connectivity index (χ0n) is 8.53. The van der Waals surface area contributed by atoms with Crippen molar-refractivity contribution in [2.24, 2.45) is 15.9 Å². The quantitative estimate of drug-likeness (QED) is 0.612. The first-order chi connectivity index (χ1) is 5.04. The number of nitrogens with zero attached hydrogens (tertiary/aromatic N) is 2. The van der Waals surface area contributed by atoms with Gasteiger partial charge in [-0.15, -0.1) is 12.4 Å². The van der Waals surface area contributed by atoms with Gasteiger partial charge in [0.1, 0.15) is 0 Å². The van der Waals surface area contributed by atoms with E-state index < -0.39 is 0 Å². The minimum atomic E-state index is 0. The molecule has 0 bridgehead atoms. The van der Waals surface area contributed by atoms with Gasteiger partial charge in [0.05, 0.1) is 18.1 Å². The SMILES string of the molecule is CC(C)N=C=NC(C)C(C)C.Cl. The molecule has 0 N–H and O–H groups in total. The summed E-state index contributed by atoms with van der Waals surface area (Å²) in [6.45, 7) is 10.4. The Morgan fingerprint density at radius 2 is 1.42 bits per heavy atom. The van der Waals surface area contributed by atoms with Gasteiger partial charge in [-0.05, 0) is 26.7 Å². The smallest absolute Gasteiger partial charge is 0.0898 e. The summed E-state index contributed by atoms with van der Waals surface area (Å²) in [5.41, 5.74) is 0. The standard InChI is InChI=1S/C9H18N2.ClH/c1-7(2)9(5)11-6-10-8(3)4;/h7-9H,1-5H3;1H. The highest BCUT2D eigenvalue weighted by molar-refractivity contribution is 5.85. The largest absolute Gasteiger partial charge is 0.223 e. The van der Waals surface area contributed by atoms with E-state index in [1.807, 2.05) is 13.8 Å². The molecule has 12 heavy (non-hydrogen) atoms. The van der Waals surface area contributed by atoms with Crippen molar-refractivity contribution in [3.8, 4) is 0 Å². The Bertz CT molecular complexity index is 158. The molecule has 0 aromatic heterocycles. The van der Waals surface area contributed by atoms with Crippen LogP contribution in [-0.2, 0) is 0 Å². The van der Waals surface area contributed by atoms with Crippen LogP contribution in [0.5, 0.6) is 0 Å². The van der Waals surface area contributed by atoms with E-state index in [2.05, 4.69) is 36.8 Å². The Hall–Kier alpha value is -0.330. The van der Waals surface area contributed by atoms with Gasteiger partial charge >= 0.3 is 0 Å². The third kappa shape index (κ3) is 7.77. The van der Waals surface area contributed by atoms with Gasteiger partial charge in [0.15, 0.2) is 0 Å². The Morgan fingerprint density at radius 3 is 1.75 bits per heavy atom. The molecule has 72 valence electrons. The number of hydrogen-bond donors (Lipinski definition) is 0. The molecule has 0 saturated carbocycles. The topological polar surface area (TPSA) is 24.7 Å². The fourth-order valence-electron chi connectivity index (χ4n) is 0.389. The molecule has 2 nitrogen and oxygen atoms in total. The van der Waals surface area contributed by atoms with Crippen LogP contribution in [-0.4, -0.2) is 18.1 Å². The zero-order chi connectivity index (χ0) is 8.85. The van der Waals surface area contributed by atoms with Crippen LogP contribution in [0.3, 0.4) is 0 Å². The molecule has 0 saturated heterocycles. The minimum absolute atomic E-state index is 0. The second-order valence-electron chi connectivity index (χ2n) is 3.44. The van der Waals surface area contributed by atoms with Crippen LogP contribution in [0.25, 0.3) is 0 Å². The van der Waals surface area contributed by atoms with Crippen molar-refractivity contribution in [2.45, 2.75) is 46.7 Å². The van der Waals surface area contributed by atoms with Gasteiger partial charge in [0.25, 0.3) is 0 Å². The molecule has 0 aliphatic rings. The van der Waals surface area contributed by atoms with Crippen LogP contribution in [0, 0.1) is 5.92 Å². The van der Waals surface area contributed by atoms with Crippen molar-refractivity contribution in [1.82, 2.24) is 0 Å². The van der Waals surface area contributed by atoms with Crippen molar-refractivity contribution in [2.75, 3.05) is 0 Å². The molecule has 0 aliphatic heterocycles. The van der Waals surface area contributed by atoms with Gasteiger partial charge in [-0.3, -0.25) is 0 Å². The van der Waals surface area contributed by atoms with E-state index in [0.29, 0.717) is 18.0 Å².